The van der Waals surface area contributed by atoms with E-state index in [4.69, 9.17) is 0 Å². The molecule has 1 rings (SSSR count). The van der Waals surface area contributed by atoms with Crippen molar-refractivity contribution in [2.75, 3.05) is 5.32 Å². The minimum absolute atomic E-state index is 0.415. The highest BCUT2D eigenvalue weighted by Crippen LogP contribution is 2.17. The highest BCUT2D eigenvalue weighted by atomic mass is 15.0. The van der Waals surface area contributed by atoms with E-state index in [1.54, 1.807) is 0 Å². The molecule has 16 heavy (non-hydrogen) atoms. The third-order valence-electron chi connectivity index (χ3n) is 3.03. The lowest BCUT2D eigenvalue weighted by Crippen LogP contribution is -2.24. The molecule has 0 aliphatic carbocycles. The predicted molar refractivity (Wildman–Crippen MR) is 70.7 cm³/mol. The number of pyridine rings is 1. The van der Waals surface area contributed by atoms with Gasteiger partial charge in [0.2, 0.25) is 0 Å². The molecular formula is C14H22N2. The van der Waals surface area contributed by atoms with Crippen molar-refractivity contribution in [1.29, 1.82) is 0 Å². The molecule has 1 heterocycles. The smallest absolute Gasteiger partial charge is 0.129 e. The van der Waals surface area contributed by atoms with Gasteiger partial charge in [-0.3, -0.25) is 0 Å². The van der Waals surface area contributed by atoms with Gasteiger partial charge < -0.3 is 5.32 Å². The Morgan fingerprint density at radius 3 is 2.88 bits per heavy atom. The standard InChI is InChI=1S/C14H22N2/c1-5-8-11(3)12(4)16-14-13(6-2)9-7-10-15-14/h5,7,9-12H,1,6,8H2,2-4H3,(H,15,16). The molecule has 1 N–H and O–H groups in total. The van der Waals surface area contributed by atoms with Gasteiger partial charge in [0.1, 0.15) is 5.82 Å². The first kappa shape index (κ1) is 12.8. The van der Waals surface area contributed by atoms with E-state index in [1.807, 2.05) is 18.3 Å². The first-order chi connectivity index (χ1) is 7.69. The van der Waals surface area contributed by atoms with Gasteiger partial charge >= 0.3 is 0 Å². The van der Waals surface area contributed by atoms with Crippen LogP contribution in [0.4, 0.5) is 5.82 Å². The number of aryl methyl sites for hydroxylation is 1. The van der Waals surface area contributed by atoms with Crippen molar-refractivity contribution in [2.24, 2.45) is 5.92 Å². The number of anilines is 1. The zero-order chi connectivity index (χ0) is 12.0. The quantitative estimate of drug-likeness (QED) is 0.737. The van der Waals surface area contributed by atoms with Crippen molar-refractivity contribution in [1.82, 2.24) is 4.98 Å². The number of rotatable bonds is 6. The molecule has 1 aromatic heterocycles. The topological polar surface area (TPSA) is 24.9 Å². The highest BCUT2D eigenvalue weighted by Gasteiger charge is 2.12. The van der Waals surface area contributed by atoms with Crippen LogP contribution in [0.25, 0.3) is 0 Å². The van der Waals surface area contributed by atoms with Crippen molar-refractivity contribution in [2.45, 2.75) is 39.7 Å². The van der Waals surface area contributed by atoms with E-state index in [2.05, 4.69) is 43.7 Å². The van der Waals surface area contributed by atoms with Gasteiger partial charge in [0, 0.05) is 12.2 Å². The Labute approximate surface area is 98.8 Å². The van der Waals surface area contributed by atoms with Crippen LogP contribution in [0.2, 0.25) is 0 Å². The van der Waals surface area contributed by atoms with Crippen molar-refractivity contribution in [3.05, 3.63) is 36.5 Å². The Morgan fingerprint density at radius 1 is 1.50 bits per heavy atom. The first-order valence-corrected chi connectivity index (χ1v) is 6.00. The van der Waals surface area contributed by atoms with Gasteiger partial charge in [-0.15, -0.1) is 6.58 Å². The van der Waals surface area contributed by atoms with Crippen LogP contribution < -0.4 is 5.32 Å². The lowest BCUT2D eigenvalue weighted by molar-refractivity contribution is 0.515. The predicted octanol–water partition coefficient (Wildman–Crippen LogP) is 3.66. The first-order valence-electron chi connectivity index (χ1n) is 6.00. The third-order valence-corrected chi connectivity index (χ3v) is 3.03. The second kappa shape index (κ2) is 6.31. The van der Waals surface area contributed by atoms with Gasteiger partial charge in [-0.1, -0.05) is 26.0 Å². The number of allylic oxidation sites excluding steroid dienone is 1. The fourth-order valence-electron chi connectivity index (χ4n) is 1.68. The minimum atomic E-state index is 0.415. The second-order valence-electron chi connectivity index (χ2n) is 4.30. The van der Waals surface area contributed by atoms with E-state index in [0.717, 1.165) is 18.7 Å². The minimum Gasteiger partial charge on any atom is -0.367 e. The van der Waals surface area contributed by atoms with Gasteiger partial charge in [-0.05, 0) is 37.3 Å². The van der Waals surface area contributed by atoms with Crippen molar-refractivity contribution in [3.8, 4) is 0 Å². The van der Waals surface area contributed by atoms with Gasteiger partial charge in [-0.25, -0.2) is 4.98 Å². The van der Waals surface area contributed by atoms with E-state index in [-0.39, 0.29) is 0 Å². The Kier molecular flexibility index (Phi) is 5.03. The summed E-state index contributed by atoms with van der Waals surface area (Å²) in [5.41, 5.74) is 1.28. The number of nitrogens with zero attached hydrogens (tertiary/aromatic N) is 1. The summed E-state index contributed by atoms with van der Waals surface area (Å²) in [6.07, 6.45) is 5.86. The number of hydrogen-bond donors (Lipinski definition) is 1. The molecule has 88 valence electrons. The summed E-state index contributed by atoms with van der Waals surface area (Å²) >= 11 is 0. The molecule has 0 radical (unpaired) electrons. The van der Waals surface area contributed by atoms with E-state index >= 15 is 0 Å². The second-order valence-corrected chi connectivity index (χ2v) is 4.30. The van der Waals surface area contributed by atoms with Gasteiger partial charge in [0.25, 0.3) is 0 Å². The SMILES string of the molecule is C=CCC(C)C(C)Nc1ncccc1CC. The van der Waals surface area contributed by atoms with E-state index in [9.17, 15) is 0 Å². The largest absolute Gasteiger partial charge is 0.367 e. The molecule has 0 aliphatic rings. The van der Waals surface area contributed by atoms with Crippen molar-refractivity contribution < 1.29 is 0 Å². The van der Waals surface area contributed by atoms with Crippen LogP contribution in [-0.4, -0.2) is 11.0 Å². The lowest BCUT2D eigenvalue weighted by Gasteiger charge is -2.21. The zero-order valence-electron chi connectivity index (χ0n) is 10.5. The fraction of sp³-hybridized carbons (Fsp3) is 0.500. The molecule has 2 atom stereocenters. The fourth-order valence-corrected chi connectivity index (χ4v) is 1.68. The average Bonchev–Trinajstić information content (AvgIpc) is 2.30. The van der Waals surface area contributed by atoms with E-state index in [1.165, 1.54) is 5.56 Å². The molecule has 0 fully saturated rings. The normalized spacial score (nSPS) is 14.2. The Balaban J connectivity index is 2.68. The summed E-state index contributed by atoms with van der Waals surface area (Å²) < 4.78 is 0. The lowest BCUT2D eigenvalue weighted by atomic mass is 9.99. The Hall–Kier alpha value is -1.31. The summed E-state index contributed by atoms with van der Waals surface area (Å²) in [4.78, 5) is 4.40. The molecule has 0 amide bonds. The molecular weight excluding hydrogens is 196 g/mol. The zero-order valence-corrected chi connectivity index (χ0v) is 10.5. The van der Waals surface area contributed by atoms with Crippen molar-refractivity contribution in [3.63, 3.8) is 0 Å². The molecule has 2 heteroatoms. The maximum Gasteiger partial charge on any atom is 0.129 e. The summed E-state index contributed by atoms with van der Waals surface area (Å²) in [5.74, 6) is 1.60. The third kappa shape index (κ3) is 3.37. The Bertz CT molecular complexity index is 333. The molecule has 2 unspecified atom stereocenters. The summed E-state index contributed by atoms with van der Waals surface area (Å²) in [6, 6.07) is 4.53. The molecule has 0 saturated heterocycles. The van der Waals surface area contributed by atoms with Gasteiger partial charge in [0.15, 0.2) is 0 Å². The van der Waals surface area contributed by atoms with E-state index in [0.29, 0.717) is 12.0 Å². The molecule has 2 nitrogen and oxygen atoms in total. The number of hydrogen-bond acceptors (Lipinski definition) is 2. The maximum atomic E-state index is 4.40. The summed E-state index contributed by atoms with van der Waals surface area (Å²) in [6.45, 7) is 10.4. The van der Waals surface area contributed by atoms with Crippen LogP contribution in [0, 0.1) is 5.92 Å². The van der Waals surface area contributed by atoms with Gasteiger partial charge in [-0.2, -0.15) is 0 Å². The number of aromatic nitrogens is 1. The van der Waals surface area contributed by atoms with Crippen LogP contribution in [0.5, 0.6) is 0 Å². The van der Waals surface area contributed by atoms with E-state index < -0.39 is 0 Å². The summed E-state index contributed by atoms with van der Waals surface area (Å²) in [5, 5.41) is 3.49. The molecule has 0 bridgehead atoms. The highest BCUT2D eigenvalue weighted by molar-refractivity contribution is 5.44. The monoisotopic (exact) mass is 218 g/mol. The van der Waals surface area contributed by atoms with Crippen LogP contribution >= 0.6 is 0 Å². The molecule has 0 aliphatic heterocycles. The molecule has 0 saturated carbocycles. The summed E-state index contributed by atoms with van der Waals surface area (Å²) in [7, 11) is 0. The Morgan fingerprint density at radius 2 is 2.25 bits per heavy atom. The van der Waals surface area contributed by atoms with Crippen molar-refractivity contribution >= 4 is 5.82 Å². The van der Waals surface area contributed by atoms with Crippen LogP contribution in [0.1, 0.15) is 32.8 Å². The van der Waals surface area contributed by atoms with Crippen LogP contribution in [-0.2, 0) is 6.42 Å². The van der Waals surface area contributed by atoms with Crippen LogP contribution in [0.3, 0.4) is 0 Å². The van der Waals surface area contributed by atoms with Crippen LogP contribution in [0.15, 0.2) is 31.0 Å². The maximum absolute atomic E-state index is 4.40. The van der Waals surface area contributed by atoms with Gasteiger partial charge in [0.05, 0.1) is 0 Å². The number of nitrogens with one attached hydrogen (secondary N) is 1. The molecule has 1 aromatic rings. The molecule has 0 aromatic carbocycles. The average molecular weight is 218 g/mol. The molecule has 0 spiro atoms.